The van der Waals surface area contributed by atoms with Gasteiger partial charge in [-0.3, -0.25) is 0 Å². The molecule has 0 amide bonds. The highest BCUT2D eigenvalue weighted by Crippen LogP contribution is 2.39. The number of rotatable bonds is 10. The lowest BCUT2D eigenvalue weighted by Gasteiger charge is -2.29. The number of hydrogen-bond donors (Lipinski definition) is 0. The van der Waals surface area contributed by atoms with Crippen LogP contribution in [-0.2, 0) is 6.42 Å². The topological polar surface area (TPSA) is 0 Å². The highest BCUT2D eigenvalue weighted by Gasteiger charge is 2.25. The van der Waals surface area contributed by atoms with Crippen molar-refractivity contribution >= 4 is 12.2 Å². The average Bonchev–Trinajstić information content (AvgIpc) is 2.93. The summed E-state index contributed by atoms with van der Waals surface area (Å²) in [5.41, 5.74) is 2.62. The molecule has 0 N–H and O–H groups in total. The van der Waals surface area contributed by atoms with Crippen LogP contribution in [0.1, 0.15) is 99.8 Å². The van der Waals surface area contributed by atoms with Crippen LogP contribution < -0.4 is 0 Å². The van der Waals surface area contributed by atoms with E-state index in [0.29, 0.717) is 29.0 Å². The molecule has 38 heavy (non-hydrogen) atoms. The van der Waals surface area contributed by atoms with E-state index in [0.717, 1.165) is 50.5 Å². The molecule has 1 fully saturated rings. The predicted molar refractivity (Wildman–Crippen MR) is 150 cm³/mol. The third-order valence-corrected chi connectivity index (χ3v) is 8.01. The smallest absolute Gasteiger partial charge is 0.166 e. The van der Waals surface area contributed by atoms with E-state index in [2.05, 4.69) is 13.8 Å². The van der Waals surface area contributed by atoms with E-state index < -0.39 is 23.3 Å². The minimum Gasteiger partial charge on any atom is -0.203 e. The normalized spacial score (nSPS) is 17.8. The average molecular weight is 523 g/mol. The van der Waals surface area contributed by atoms with Crippen LogP contribution in [0.2, 0.25) is 0 Å². The lowest BCUT2D eigenvalue weighted by atomic mass is 9.77. The first-order chi connectivity index (χ1) is 18.4. The van der Waals surface area contributed by atoms with E-state index in [1.807, 2.05) is 0 Å². The Labute approximate surface area is 224 Å². The van der Waals surface area contributed by atoms with Gasteiger partial charge >= 0.3 is 0 Å². The number of hydrogen-bond acceptors (Lipinski definition) is 0. The zero-order valence-electron chi connectivity index (χ0n) is 22.5. The van der Waals surface area contributed by atoms with Gasteiger partial charge in [0.1, 0.15) is 0 Å². The maximum Gasteiger partial charge on any atom is 0.166 e. The van der Waals surface area contributed by atoms with Crippen molar-refractivity contribution < 1.29 is 17.6 Å². The summed E-state index contributed by atoms with van der Waals surface area (Å²) in [4.78, 5) is 0. The SMILES string of the molecule is CCCCCc1ccc(-c2ccc(/C=C/c3ccc(C4CCC(CCC)CC4)c(F)c3F)cc2)c(F)c1F. The summed E-state index contributed by atoms with van der Waals surface area (Å²) in [6.07, 6.45) is 13.0. The fourth-order valence-electron chi connectivity index (χ4n) is 5.72. The largest absolute Gasteiger partial charge is 0.203 e. The van der Waals surface area contributed by atoms with Crippen LogP contribution in [0.15, 0.2) is 48.5 Å². The van der Waals surface area contributed by atoms with Gasteiger partial charge in [-0.1, -0.05) is 100 Å². The molecule has 1 aliphatic carbocycles. The van der Waals surface area contributed by atoms with Crippen molar-refractivity contribution in [2.75, 3.05) is 0 Å². The molecule has 0 aromatic heterocycles. The molecule has 3 aromatic rings. The molecule has 1 aliphatic rings. The van der Waals surface area contributed by atoms with Crippen molar-refractivity contribution in [3.63, 3.8) is 0 Å². The maximum absolute atomic E-state index is 15.0. The van der Waals surface area contributed by atoms with Crippen LogP contribution in [0, 0.1) is 29.2 Å². The summed E-state index contributed by atoms with van der Waals surface area (Å²) in [7, 11) is 0. The van der Waals surface area contributed by atoms with E-state index in [-0.39, 0.29) is 17.0 Å². The van der Waals surface area contributed by atoms with E-state index >= 15 is 0 Å². The summed E-state index contributed by atoms with van der Waals surface area (Å²) < 4.78 is 59.2. The summed E-state index contributed by atoms with van der Waals surface area (Å²) >= 11 is 0. The summed E-state index contributed by atoms with van der Waals surface area (Å²) in [5.74, 6) is -2.38. The minimum absolute atomic E-state index is 0.0822. The van der Waals surface area contributed by atoms with Crippen molar-refractivity contribution in [1.29, 1.82) is 0 Å². The molecule has 1 saturated carbocycles. The second kappa shape index (κ2) is 13.3. The summed E-state index contributed by atoms with van der Waals surface area (Å²) in [5, 5.41) is 0. The molecule has 0 radical (unpaired) electrons. The van der Waals surface area contributed by atoms with Gasteiger partial charge in [0.05, 0.1) is 0 Å². The van der Waals surface area contributed by atoms with E-state index in [1.165, 1.54) is 12.8 Å². The first-order valence-corrected chi connectivity index (χ1v) is 14.2. The van der Waals surface area contributed by atoms with Gasteiger partial charge in [-0.2, -0.15) is 0 Å². The zero-order valence-corrected chi connectivity index (χ0v) is 22.5. The molecular weight excluding hydrogens is 484 g/mol. The lowest BCUT2D eigenvalue weighted by Crippen LogP contribution is -2.15. The van der Waals surface area contributed by atoms with Crippen molar-refractivity contribution in [2.24, 2.45) is 5.92 Å². The van der Waals surface area contributed by atoms with Crippen molar-refractivity contribution in [2.45, 2.75) is 84.0 Å². The highest BCUT2D eigenvalue weighted by molar-refractivity contribution is 5.72. The van der Waals surface area contributed by atoms with Gasteiger partial charge in [-0.05, 0) is 72.6 Å². The molecule has 3 aromatic carbocycles. The third-order valence-electron chi connectivity index (χ3n) is 8.01. The fraction of sp³-hybridized carbons (Fsp3) is 0.412. The molecule has 0 aliphatic heterocycles. The Bertz CT molecular complexity index is 1230. The summed E-state index contributed by atoms with van der Waals surface area (Å²) in [6, 6.07) is 13.6. The van der Waals surface area contributed by atoms with Gasteiger partial charge in [0.2, 0.25) is 0 Å². The van der Waals surface area contributed by atoms with Crippen LogP contribution >= 0.6 is 0 Å². The summed E-state index contributed by atoms with van der Waals surface area (Å²) in [6.45, 7) is 4.26. The second-order valence-corrected chi connectivity index (χ2v) is 10.7. The highest BCUT2D eigenvalue weighted by atomic mass is 19.2. The van der Waals surface area contributed by atoms with Crippen LogP contribution in [-0.4, -0.2) is 0 Å². The van der Waals surface area contributed by atoms with Gasteiger partial charge in [0.25, 0.3) is 0 Å². The third kappa shape index (κ3) is 6.57. The molecule has 0 unspecified atom stereocenters. The maximum atomic E-state index is 15.0. The van der Waals surface area contributed by atoms with Crippen LogP contribution in [0.25, 0.3) is 23.3 Å². The Hall–Kier alpha value is -2.88. The lowest BCUT2D eigenvalue weighted by molar-refractivity contribution is 0.303. The molecule has 4 heteroatoms. The minimum atomic E-state index is -0.834. The number of benzene rings is 3. The molecule has 0 saturated heterocycles. The molecule has 4 rings (SSSR count). The number of aryl methyl sites for hydroxylation is 1. The Morgan fingerprint density at radius 1 is 0.684 bits per heavy atom. The monoisotopic (exact) mass is 522 g/mol. The van der Waals surface area contributed by atoms with Gasteiger partial charge < -0.3 is 0 Å². The van der Waals surface area contributed by atoms with Crippen molar-refractivity contribution in [3.05, 3.63) is 94.1 Å². The quantitative estimate of drug-likeness (QED) is 0.141. The molecule has 0 nitrogen and oxygen atoms in total. The van der Waals surface area contributed by atoms with Crippen molar-refractivity contribution in [3.8, 4) is 11.1 Å². The van der Waals surface area contributed by atoms with Gasteiger partial charge in [-0.25, -0.2) is 17.6 Å². The van der Waals surface area contributed by atoms with Crippen molar-refractivity contribution in [1.82, 2.24) is 0 Å². The fourth-order valence-corrected chi connectivity index (χ4v) is 5.72. The number of unbranched alkanes of at least 4 members (excludes halogenated alkanes) is 2. The van der Waals surface area contributed by atoms with E-state index in [4.69, 9.17) is 0 Å². The van der Waals surface area contributed by atoms with Gasteiger partial charge in [-0.15, -0.1) is 0 Å². The first kappa shape index (κ1) is 28.1. The predicted octanol–water partition coefficient (Wildman–Crippen LogP) is 10.9. The Morgan fingerprint density at radius 2 is 1.42 bits per heavy atom. The molecule has 202 valence electrons. The van der Waals surface area contributed by atoms with Gasteiger partial charge in [0, 0.05) is 11.1 Å². The molecule has 0 spiro atoms. The Kier molecular flexibility index (Phi) is 9.82. The Balaban J connectivity index is 1.44. The Morgan fingerprint density at radius 3 is 2.11 bits per heavy atom. The van der Waals surface area contributed by atoms with E-state index in [1.54, 1.807) is 60.7 Å². The van der Waals surface area contributed by atoms with Crippen LogP contribution in [0.3, 0.4) is 0 Å². The van der Waals surface area contributed by atoms with Crippen LogP contribution in [0.4, 0.5) is 17.6 Å². The molecule has 0 heterocycles. The molecular formula is C34H38F4. The van der Waals surface area contributed by atoms with Crippen LogP contribution in [0.5, 0.6) is 0 Å². The standard InChI is InChI=1S/C34H38F4/c1-3-5-6-8-27-19-21-29(33(37)31(27)35)26-16-11-24(12-17-26)13-18-28-20-22-30(34(38)32(28)36)25-14-9-23(7-4-2)10-15-25/h11-13,16-23,25H,3-10,14-15H2,1-2H3/b18-13+. The second-order valence-electron chi connectivity index (χ2n) is 10.7. The first-order valence-electron chi connectivity index (χ1n) is 14.2. The number of halogens is 4. The molecule has 0 bridgehead atoms. The van der Waals surface area contributed by atoms with E-state index in [9.17, 15) is 17.6 Å². The zero-order chi connectivity index (χ0) is 27.1. The van der Waals surface area contributed by atoms with Gasteiger partial charge in [0.15, 0.2) is 23.3 Å². The molecule has 0 atom stereocenters.